The Labute approximate surface area is 168 Å². The number of nitrogens with zero attached hydrogens (tertiary/aromatic N) is 3. The lowest BCUT2D eigenvalue weighted by molar-refractivity contribution is 0.0536. The number of aliphatic imine (C=N–C) groups is 1. The minimum absolute atomic E-state index is 0.293. The Balaban J connectivity index is 1.84. The van der Waals surface area contributed by atoms with Crippen molar-refractivity contribution in [2.75, 3.05) is 61.2 Å². The van der Waals surface area contributed by atoms with Crippen LogP contribution in [0.2, 0.25) is 0 Å². The van der Waals surface area contributed by atoms with Crippen LogP contribution in [0, 0.1) is 5.92 Å². The molecule has 1 saturated heterocycles. The summed E-state index contributed by atoms with van der Waals surface area (Å²) in [5, 5.41) is 3.36. The van der Waals surface area contributed by atoms with E-state index in [0.29, 0.717) is 30.6 Å². The second-order valence-corrected chi connectivity index (χ2v) is 9.15. The Morgan fingerprint density at radius 2 is 2.00 bits per heavy atom. The molecule has 1 N–H and O–H groups in total. The predicted octanol–water partition coefficient (Wildman–Crippen LogP) is 0.997. The van der Waals surface area contributed by atoms with E-state index in [1.54, 1.807) is 26.3 Å². The van der Waals surface area contributed by atoms with Crippen molar-refractivity contribution in [3.8, 4) is 0 Å². The van der Waals surface area contributed by atoms with E-state index in [0.717, 1.165) is 37.6 Å². The molecule has 1 aromatic rings. The molecular formula is C19H32N4O4S. The molecule has 2 rings (SSSR count). The summed E-state index contributed by atoms with van der Waals surface area (Å²) in [5.41, 5.74) is 0.998. The third-order valence-corrected chi connectivity index (χ3v) is 6.56. The summed E-state index contributed by atoms with van der Waals surface area (Å²) in [6.07, 6.45) is 1.07. The van der Waals surface area contributed by atoms with Gasteiger partial charge in [-0.25, -0.2) is 12.7 Å². The Hall–Kier alpha value is -1.68. The zero-order valence-corrected chi connectivity index (χ0v) is 18.0. The molecule has 1 aliphatic heterocycles. The minimum atomic E-state index is -3.40. The number of likely N-dealkylation sites (tertiary alicyclic amines) is 1. The summed E-state index contributed by atoms with van der Waals surface area (Å²) in [6, 6.07) is 6.93. The molecule has 8 nitrogen and oxygen atoms in total. The lowest BCUT2D eigenvalue weighted by Gasteiger charge is -2.22. The van der Waals surface area contributed by atoms with E-state index in [4.69, 9.17) is 9.47 Å². The van der Waals surface area contributed by atoms with Crippen LogP contribution < -0.4 is 5.32 Å². The second kappa shape index (κ2) is 10.8. The Morgan fingerprint density at radius 1 is 1.29 bits per heavy atom. The molecule has 0 amide bonds. The van der Waals surface area contributed by atoms with Crippen molar-refractivity contribution in [1.29, 1.82) is 0 Å². The van der Waals surface area contributed by atoms with Gasteiger partial charge in [0.1, 0.15) is 0 Å². The van der Waals surface area contributed by atoms with E-state index in [9.17, 15) is 8.42 Å². The summed E-state index contributed by atoms with van der Waals surface area (Å²) in [5.74, 6) is 1.34. The molecule has 1 atom stereocenters. The molecule has 9 heteroatoms. The highest BCUT2D eigenvalue weighted by Crippen LogP contribution is 2.17. The molecule has 158 valence electrons. The largest absolute Gasteiger partial charge is 0.382 e. The molecule has 0 radical (unpaired) electrons. The monoisotopic (exact) mass is 412 g/mol. The lowest BCUT2D eigenvalue weighted by atomic mass is 10.1. The van der Waals surface area contributed by atoms with Gasteiger partial charge in [0.15, 0.2) is 5.96 Å². The number of nitrogens with one attached hydrogen (secondary N) is 1. The third-order valence-electron chi connectivity index (χ3n) is 4.74. The summed E-state index contributed by atoms with van der Waals surface area (Å²) in [6.45, 7) is 4.41. The summed E-state index contributed by atoms with van der Waals surface area (Å²) >= 11 is 0. The normalized spacial score (nSPS) is 18.1. The van der Waals surface area contributed by atoms with Crippen molar-refractivity contribution in [3.63, 3.8) is 0 Å². The topological polar surface area (TPSA) is 83.5 Å². The van der Waals surface area contributed by atoms with Gasteiger partial charge in [0.2, 0.25) is 10.0 Å². The van der Waals surface area contributed by atoms with Crippen molar-refractivity contribution in [1.82, 2.24) is 14.5 Å². The van der Waals surface area contributed by atoms with Gasteiger partial charge in [-0.2, -0.15) is 0 Å². The first-order chi connectivity index (χ1) is 13.4. The van der Waals surface area contributed by atoms with E-state index < -0.39 is 10.0 Å². The highest BCUT2D eigenvalue weighted by Gasteiger charge is 2.25. The lowest BCUT2D eigenvalue weighted by Crippen LogP contribution is -2.39. The molecule has 0 saturated carbocycles. The molecule has 1 heterocycles. The highest BCUT2D eigenvalue weighted by molar-refractivity contribution is 7.89. The van der Waals surface area contributed by atoms with Crippen molar-refractivity contribution in [2.24, 2.45) is 10.9 Å². The molecule has 0 aromatic heterocycles. The second-order valence-electron chi connectivity index (χ2n) is 7.00. The SMILES string of the molecule is CN=C(NCc1ccc(S(=O)(=O)N(C)C)cc1)N1CCC(COCCOC)C1. The van der Waals surface area contributed by atoms with E-state index in [1.807, 2.05) is 12.1 Å². The molecule has 1 aromatic carbocycles. The molecule has 1 fully saturated rings. The average molecular weight is 413 g/mol. The van der Waals surface area contributed by atoms with Gasteiger partial charge >= 0.3 is 0 Å². The fourth-order valence-corrected chi connectivity index (χ4v) is 3.96. The minimum Gasteiger partial charge on any atom is -0.382 e. The Bertz CT molecular complexity index is 735. The van der Waals surface area contributed by atoms with Gasteiger partial charge < -0.3 is 19.7 Å². The molecule has 0 aliphatic carbocycles. The quantitative estimate of drug-likeness (QED) is 0.370. The Morgan fingerprint density at radius 3 is 2.61 bits per heavy atom. The van der Waals surface area contributed by atoms with Crippen LogP contribution in [0.25, 0.3) is 0 Å². The van der Waals surface area contributed by atoms with Crippen molar-refractivity contribution in [2.45, 2.75) is 17.9 Å². The van der Waals surface area contributed by atoms with E-state index in [-0.39, 0.29) is 0 Å². The number of benzene rings is 1. The smallest absolute Gasteiger partial charge is 0.242 e. The number of rotatable bonds is 9. The maximum atomic E-state index is 12.1. The third kappa shape index (κ3) is 6.16. The first kappa shape index (κ1) is 22.6. The molecule has 0 bridgehead atoms. The number of sulfonamides is 1. The van der Waals surface area contributed by atoms with Crippen LogP contribution in [0.4, 0.5) is 0 Å². The summed E-state index contributed by atoms with van der Waals surface area (Å²) in [4.78, 5) is 6.90. The van der Waals surface area contributed by atoms with Gasteiger partial charge in [-0.15, -0.1) is 0 Å². The molecule has 28 heavy (non-hydrogen) atoms. The van der Waals surface area contributed by atoms with Crippen molar-refractivity contribution < 1.29 is 17.9 Å². The number of hydrogen-bond acceptors (Lipinski definition) is 5. The first-order valence-electron chi connectivity index (χ1n) is 9.42. The standard InChI is InChI=1S/C19H32N4O4S/c1-20-19(23-10-9-17(14-23)15-27-12-11-26-4)21-13-16-5-7-18(8-6-16)28(24,25)22(2)3/h5-8,17H,9-15H2,1-4H3,(H,20,21). The van der Waals surface area contributed by atoms with Crippen LogP contribution in [-0.2, 0) is 26.0 Å². The number of hydrogen-bond donors (Lipinski definition) is 1. The first-order valence-corrected chi connectivity index (χ1v) is 10.9. The van der Waals surface area contributed by atoms with Crippen LogP contribution in [0.3, 0.4) is 0 Å². The van der Waals surface area contributed by atoms with Crippen LogP contribution in [0.5, 0.6) is 0 Å². The van der Waals surface area contributed by atoms with Crippen molar-refractivity contribution >= 4 is 16.0 Å². The number of guanidine groups is 1. The zero-order valence-electron chi connectivity index (χ0n) is 17.2. The molecular weight excluding hydrogens is 380 g/mol. The molecule has 1 unspecified atom stereocenters. The van der Waals surface area contributed by atoms with Gasteiger partial charge in [-0.1, -0.05) is 12.1 Å². The van der Waals surface area contributed by atoms with Crippen LogP contribution in [-0.4, -0.2) is 84.7 Å². The predicted molar refractivity (Wildman–Crippen MR) is 110 cm³/mol. The van der Waals surface area contributed by atoms with Crippen molar-refractivity contribution in [3.05, 3.63) is 29.8 Å². The van der Waals surface area contributed by atoms with Crippen LogP contribution >= 0.6 is 0 Å². The molecule has 1 aliphatic rings. The fraction of sp³-hybridized carbons (Fsp3) is 0.632. The van der Waals surface area contributed by atoms with E-state index >= 15 is 0 Å². The molecule has 0 spiro atoms. The maximum absolute atomic E-state index is 12.1. The Kier molecular flexibility index (Phi) is 8.68. The summed E-state index contributed by atoms with van der Waals surface area (Å²) < 4.78 is 36.1. The van der Waals surface area contributed by atoms with E-state index in [1.165, 1.54) is 18.4 Å². The fourth-order valence-electron chi connectivity index (χ4n) is 3.06. The van der Waals surface area contributed by atoms with Gasteiger partial charge in [-0.05, 0) is 24.1 Å². The van der Waals surface area contributed by atoms with Crippen LogP contribution in [0.1, 0.15) is 12.0 Å². The van der Waals surface area contributed by atoms with Gasteiger partial charge in [0.05, 0.1) is 24.7 Å². The van der Waals surface area contributed by atoms with Gasteiger partial charge in [-0.3, -0.25) is 4.99 Å². The zero-order chi connectivity index (χ0) is 20.6. The van der Waals surface area contributed by atoms with Gasteiger partial charge in [0.25, 0.3) is 0 Å². The van der Waals surface area contributed by atoms with Gasteiger partial charge in [0, 0.05) is 53.8 Å². The number of ether oxygens (including phenoxy) is 2. The van der Waals surface area contributed by atoms with E-state index in [2.05, 4.69) is 15.2 Å². The summed E-state index contributed by atoms with van der Waals surface area (Å²) in [7, 11) is 3.10. The maximum Gasteiger partial charge on any atom is 0.242 e. The number of methoxy groups -OCH3 is 1. The average Bonchev–Trinajstić information content (AvgIpc) is 3.15. The van der Waals surface area contributed by atoms with Crippen LogP contribution in [0.15, 0.2) is 34.2 Å². The highest BCUT2D eigenvalue weighted by atomic mass is 32.2.